The molecule has 0 saturated carbocycles. The first-order chi connectivity index (χ1) is 14.7. The van der Waals surface area contributed by atoms with Gasteiger partial charge in [-0.3, -0.25) is 0 Å². The molecule has 31 heavy (non-hydrogen) atoms. The third kappa shape index (κ3) is 12.6. The van der Waals surface area contributed by atoms with Crippen molar-refractivity contribution in [2.45, 2.75) is 118 Å². The molecule has 3 atom stereocenters. The van der Waals surface area contributed by atoms with Gasteiger partial charge >= 0.3 is 0 Å². The summed E-state index contributed by atoms with van der Waals surface area (Å²) in [6.45, 7) is 18.2. The first kappa shape index (κ1) is 30.0. The summed E-state index contributed by atoms with van der Waals surface area (Å²) < 4.78 is 0. The van der Waals surface area contributed by atoms with Crippen molar-refractivity contribution in [3.8, 4) is 0 Å². The van der Waals surface area contributed by atoms with Crippen LogP contribution in [0.15, 0.2) is 11.9 Å². The van der Waals surface area contributed by atoms with Crippen LogP contribution in [0.4, 0.5) is 0 Å². The Morgan fingerprint density at radius 2 is 1.68 bits per heavy atom. The predicted molar refractivity (Wildman–Crippen MR) is 137 cm³/mol. The fraction of sp³-hybridized carbons (Fsp3) is 0.889. The van der Waals surface area contributed by atoms with E-state index in [0.29, 0.717) is 17.8 Å². The van der Waals surface area contributed by atoms with Crippen LogP contribution in [0, 0.1) is 17.3 Å². The minimum atomic E-state index is 0.154. The molecule has 0 fully saturated rings. The third-order valence-electron chi connectivity index (χ3n) is 7.31. The van der Waals surface area contributed by atoms with Crippen LogP contribution < -0.4 is 16.0 Å². The van der Waals surface area contributed by atoms with Gasteiger partial charge in [-0.1, -0.05) is 48.0 Å². The van der Waals surface area contributed by atoms with Crippen molar-refractivity contribution in [3.63, 3.8) is 0 Å². The van der Waals surface area contributed by atoms with E-state index in [2.05, 4.69) is 77.7 Å². The molecule has 0 radical (unpaired) electrons. The highest BCUT2D eigenvalue weighted by atomic mass is 16.1. The summed E-state index contributed by atoms with van der Waals surface area (Å²) in [4.78, 5) is 10.7. The van der Waals surface area contributed by atoms with Gasteiger partial charge in [0.25, 0.3) is 0 Å². The number of carbonyl (C=O) groups excluding carboxylic acids is 1. The van der Waals surface area contributed by atoms with Crippen molar-refractivity contribution in [1.82, 2.24) is 16.0 Å². The Kier molecular flexibility index (Phi) is 16.0. The van der Waals surface area contributed by atoms with Crippen LogP contribution in [0.5, 0.6) is 0 Å². The van der Waals surface area contributed by atoms with Gasteiger partial charge in [0, 0.05) is 42.9 Å². The first-order valence-corrected chi connectivity index (χ1v) is 13.0. The van der Waals surface area contributed by atoms with Crippen molar-refractivity contribution in [3.05, 3.63) is 11.9 Å². The van der Waals surface area contributed by atoms with Crippen LogP contribution >= 0.6 is 0 Å². The number of nitrogens with one attached hydrogen (secondary N) is 3. The highest BCUT2D eigenvalue weighted by Crippen LogP contribution is 2.32. The van der Waals surface area contributed by atoms with E-state index < -0.39 is 0 Å². The molecule has 0 aliphatic heterocycles. The molecule has 0 aliphatic rings. The van der Waals surface area contributed by atoms with E-state index >= 15 is 0 Å². The molecule has 0 saturated heterocycles. The summed E-state index contributed by atoms with van der Waals surface area (Å²) in [7, 11) is 2.07. The van der Waals surface area contributed by atoms with Crippen molar-refractivity contribution >= 4 is 6.29 Å². The van der Waals surface area contributed by atoms with E-state index in [1.807, 2.05) is 0 Å². The van der Waals surface area contributed by atoms with E-state index in [1.54, 1.807) is 0 Å². The Balaban J connectivity index is 4.95. The van der Waals surface area contributed by atoms with Gasteiger partial charge in [0.1, 0.15) is 6.29 Å². The highest BCUT2D eigenvalue weighted by Gasteiger charge is 2.25. The molecule has 184 valence electrons. The van der Waals surface area contributed by atoms with Crippen LogP contribution in [0.25, 0.3) is 0 Å². The summed E-state index contributed by atoms with van der Waals surface area (Å²) in [5, 5.41) is 10.8. The summed E-state index contributed by atoms with van der Waals surface area (Å²) in [6, 6.07) is 0. The highest BCUT2D eigenvalue weighted by molar-refractivity contribution is 5.49. The van der Waals surface area contributed by atoms with Crippen molar-refractivity contribution in [2.75, 3.05) is 20.1 Å². The van der Waals surface area contributed by atoms with E-state index in [4.69, 9.17) is 0 Å². The maximum Gasteiger partial charge on any atom is 0.119 e. The smallest absolute Gasteiger partial charge is 0.119 e. The lowest BCUT2D eigenvalue weighted by molar-refractivity contribution is -0.108. The molecule has 0 aromatic heterocycles. The molecule has 0 bridgehead atoms. The zero-order chi connectivity index (χ0) is 23.8. The summed E-state index contributed by atoms with van der Waals surface area (Å²) in [6.07, 6.45) is 14.3. The van der Waals surface area contributed by atoms with Crippen LogP contribution in [0.3, 0.4) is 0 Å². The van der Waals surface area contributed by atoms with Gasteiger partial charge in [-0.25, -0.2) is 0 Å². The number of carbonyl (C=O) groups is 1. The largest absolute Gasteiger partial charge is 0.390 e. The Hall–Kier alpha value is -1.03. The van der Waals surface area contributed by atoms with Gasteiger partial charge in [-0.05, 0) is 76.7 Å². The standard InChI is InChI=1S/C27H55N3O/c1-9-15-24(17-16-23(4)26(5,6)7)25(22-29-11-3)30-20-14-19-27(10-2,28-8)18-12-13-21-31/h21-24,28-30H,9-20H2,1-8H3/b25-22-. The molecule has 0 heterocycles. The molecule has 0 spiro atoms. The molecular formula is C27H55N3O. The van der Waals surface area contributed by atoms with Crippen molar-refractivity contribution in [2.24, 2.45) is 17.3 Å². The minimum Gasteiger partial charge on any atom is -0.390 e. The average molecular weight is 438 g/mol. The fourth-order valence-electron chi connectivity index (χ4n) is 4.30. The van der Waals surface area contributed by atoms with Crippen LogP contribution in [-0.4, -0.2) is 32.0 Å². The molecule has 4 nitrogen and oxygen atoms in total. The number of rotatable bonds is 19. The maximum atomic E-state index is 10.7. The second-order valence-corrected chi connectivity index (χ2v) is 10.5. The lowest BCUT2D eigenvalue weighted by Gasteiger charge is -2.33. The van der Waals surface area contributed by atoms with Gasteiger partial charge in [-0.2, -0.15) is 0 Å². The minimum absolute atomic E-state index is 0.154. The van der Waals surface area contributed by atoms with E-state index in [-0.39, 0.29) is 5.54 Å². The lowest BCUT2D eigenvalue weighted by atomic mass is 9.77. The zero-order valence-electron chi connectivity index (χ0n) is 22.2. The Labute approximate surface area is 194 Å². The number of hydrogen-bond acceptors (Lipinski definition) is 4. The summed E-state index contributed by atoms with van der Waals surface area (Å²) in [5.41, 5.74) is 1.91. The monoisotopic (exact) mass is 437 g/mol. The molecular weight excluding hydrogens is 382 g/mol. The number of unbranched alkanes of at least 4 members (excludes halogenated alkanes) is 1. The van der Waals surface area contributed by atoms with Gasteiger partial charge in [0.05, 0.1) is 0 Å². The van der Waals surface area contributed by atoms with E-state index in [9.17, 15) is 4.79 Å². The topological polar surface area (TPSA) is 53.2 Å². The quantitative estimate of drug-likeness (QED) is 0.161. The molecule has 3 unspecified atom stereocenters. The molecule has 4 heteroatoms. The van der Waals surface area contributed by atoms with Crippen molar-refractivity contribution in [1.29, 1.82) is 0 Å². The Morgan fingerprint density at radius 3 is 2.19 bits per heavy atom. The molecule has 0 aromatic rings. The molecule has 0 aromatic carbocycles. The van der Waals surface area contributed by atoms with Crippen molar-refractivity contribution < 1.29 is 4.79 Å². The maximum absolute atomic E-state index is 10.7. The van der Waals surface area contributed by atoms with Gasteiger partial charge in [0.15, 0.2) is 0 Å². The average Bonchev–Trinajstić information content (AvgIpc) is 2.74. The number of aldehydes is 1. The van der Waals surface area contributed by atoms with Gasteiger partial charge < -0.3 is 20.7 Å². The van der Waals surface area contributed by atoms with Crippen LogP contribution in [-0.2, 0) is 4.79 Å². The molecule has 0 aliphatic carbocycles. The van der Waals surface area contributed by atoms with Gasteiger partial charge in [-0.15, -0.1) is 0 Å². The summed E-state index contributed by atoms with van der Waals surface area (Å²) in [5.74, 6) is 1.32. The van der Waals surface area contributed by atoms with Gasteiger partial charge in [0.2, 0.25) is 0 Å². The second-order valence-electron chi connectivity index (χ2n) is 10.5. The molecule has 3 N–H and O–H groups in total. The lowest BCUT2D eigenvalue weighted by Crippen LogP contribution is -2.43. The van der Waals surface area contributed by atoms with E-state index in [0.717, 1.165) is 57.4 Å². The molecule has 0 amide bonds. The number of allylic oxidation sites excluding steroid dienone is 1. The van der Waals surface area contributed by atoms with Crippen LogP contribution in [0.1, 0.15) is 113 Å². The first-order valence-electron chi connectivity index (χ1n) is 13.0. The predicted octanol–water partition coefficient (Wildman–Crippen LogP) is 6.42. The fourth-order valence-corrected chi connectivity index (χ4v) is 4.30. The van der Waals surface area contributed by atoms with Crippen LogP contribution in [0.2, 0.25) is 0 Å². The number of hydrogen-bond donors (Lipinski definition) is 3. The summed E-state index contributed by atoms with van der Waals surface area (Å²) >= 11 is 0. The Bertz CT molecular complexity index is 477. The zero-order valence-corrected chi connectivity index (χ0v) is 22.2. The third-order valence-corrected chi connectivity index (χ3v) is 7.31. The normalized spacial score (nSPS) is 16.5. The molecule has 0 rings (SSSR count). The SMILES string of the molecule is CCCC(CCC(C)C(C)(C)C)/C(=C/NCC)NCCCC(CC)(CCCC=O)NC. The Morgan fingerprint density at radius 1 is 1.00 bits per heavy atom. The van der Waals surface area contributed by atoms with E-state index in [1.165, 1.54) is 31.4 Å². The second kappa shape index (κ2) is 16.6.